The van der Waals surface area contributed by atoms with Crippen molar-refractivity contribution >= 4 is 47.8 Å². The van der Waals surface area contributed by atoms with Gasteiger partial charge in [-0.1, -0.05) is 0 Å². The molecule has 0 aliphatic heterocycles. The zero-order valence-corrected chi connectivity index (χ0v) is 25.3. The first kappa shape index (κ1) is 38.7. The first-order valence-electron chi connectivity index (χ1n) is 13.1. The molecule has 0 aromatic carbocycles. The normalized spacial score (nSPS) is 16.2. The Kier molecular flexibility index (Phi) is 16.5. The van der Waals surface area contributed by atoms with Gasteiger partial charge in [-0.15, -0.1) is 0 Å². The predicted octanol–water partition coefficient (Wildman–Crippen LogP) is -0.548. The molecule has 0 saturated heterocycles. The van der Waals surface area contributed by atoms with Crippen molar-refractivity contribution in [3.8, 4) is 0 Å². The van der Waals surface area contributed by atoms with E-state index in [0.29, 0.717) is 0 Å². The van der Waals surface area contributed by atoms with Crippen molar-refractivity contribution in [2.75, 3.05) is 6.61 Å². The van der Waals surface area contributed by atoms with Crippen molar-refractivity contribution in [3.63, 3.8) is 0 Å². The van der Waals surface area contributed by atoms with E-state index in [1.807, 2.05) is 0 Å². The van der Waals surface area contributed by atoms with Gasteiger partial charge >= 0.3 is 47.8 Å². The second-order valence-electron chi connectivity index (χ2n) is 8.98. The Bertz CT molecular complexity index is 1030. The maximum absolute atomic E-state index is 12.3. The van der Waals surface area contributed by atoms with E-state index in [2.05, 4.69) is 4.74 Å². The second-order valence-corrected chi connectivity index (χ2v) is 8.98. The number of ether oxygens (including phenoxy) is 8. The quantitative estimate of drug-likeness (QED) is 0.168. The monoisotopic (exact) mass is 622 g/mol. The van der Waals surface area contributed by atoms with Crippen LogP contribution in [0.2, 0.25) is 0 Å². The van der Waals surface area contributed by atoms with Crippen LogP contribution in [0.25, 0.3) is 0 Å². The number of carbonyl (C=O) groups excluding carboxylic acids is 8. The van der Waals surface area contributed by atoms with E-state index < -0.39 is 96.6 Å². The average Bonchev–Trinajstić information content (AvgIpc) is 2.92. The minimum Gasteiger partial charge on any atom is -0.463 e. The van der Waals surface area contributed by atoms with Crippen LogP contribution in [0.3, 0.4) is 0 Å². The summed E-state index contributed by atoms with van der Waals surface area (Å²) in [5, 5.41) is 9.12. The summed E-state index contributed by atoms with van der Waals surface area (Å²) in [6.45, 7) is 10.7. The molecule has 0 rings (SSSR count). The molecule has 17 nitrogen and oxygen atoms in total. The average molecular weight is 623 g/mol. The fourth-order valence-electron chi connectivity index (χ4n) is 2.49. The molecule has 0 fully saturated rings. The van der Waals surface area contributed by atoms with Gasteiger partial charge in [0.05, 0.1) is 6.61 Å². The fraction of sp³-hybridized carbons (Fsp3) is 0.692. The summed E-state index contributed by atoms with van der Waals surface area (Å²) in [5.41, 5.74) is 0. The van der Waals surface area contributed by atoms with Gasteiger partial charge in [-0.2, -0.15) is 0 Å². The van der Waals surface area contributed by atoms with Crippen molar-refractivity contribution < 1.29 is 81.4 Å². The molecular weight excluding hydrogens is 584 g/mol. The summed E-state index contributed by atoms with van der Waals surface area (Å²) >= 11 is 0. The summed E-state index contributed by atoms with van der Waals surface area (Å²) in [4.78, 5) is 95.9. The Labute approximate surface area is 247 Å². The molecule has 1 N–H and O–H groups in total. The summed E-state index contributed by atoms with van der Waals surface area (Å²) in [6, 6.07) is 0. The van der Waals surface area contributed by atoms with Crippen LogP contribution in [0.15, 0.2) is 0 Å². The van der Waals surface area contributed by atoms with Crippen LogP contribution in [-0.4, -0.2) is 108 Å². The maximum atomic E-state index is 12.3. The van der Waals surface area contributed by atoms with Crippen LogP contribution in [0.4, 0.5) is 0 Å². The molecular formula is C26H38O17. The van der Waals surface area contributed by atoms with E-state index in [1.165, 1.54) is 6.92 Å². The van der Waals surface area contributed by atoms with Crippen LogP contribution in [0.5, 0.6) is 0 Å². The zero-order valence-electron chi connectivity index (χ0n) is 25.3. The lowest BCUT2D eigenvalue weighted by Crippen LogP contribution is -2.39. The summed E-state index contributed by atoms with van der Waals surface area (Å²) < 4.78 is 38.5. The van der Waals surface area contributed by atoms with Crippen molar-refractivity contribution in [3.05, 3.63) is 0 Å². The largest absolute Gasteiger partial charge is 0.463 e. The smallest absolute Gasteiger partial charge is 0.347 e. The van der Waals surface area contributed by atoms with Crippen LogP contribution >= 0.6 is 0 Å². The number of aliphatic hydroxyl groups excluding tert-OH is 1. The molecule has 0 aliphatic carbocycles. The van der Waals surface area contributed by atoms with Gasteiger partial charge in [0.2, 0.25) is 0 Å². The molecule has 0 saturated carbocycles. The lowest BCUT2D eigenvalue weighted by molar-refractivity contribution is -0.189. The van der Waals surface area contributed by atoms with Crippen molar-refractivity contribution in [1.29, 1.82) is 0 Å². The molecule has 0 aromatic heterocycles. The van der Waals surface area contributed by atoms with Gasteiger partial charge in [-0.25, -0.2) is 38.4 Å². The van der Waals surface area contributed by atoms with E-state index in [-0.39, 0.29) is 6.61 Å². The number of esters is 8. The Balaban J connectivity index is 4.78. The van der Waals surface area contributed by atoms with Crippen LogP contribution in [0.1, 0.15) is 62.3 Å². The number of carbonyl (C=O) groups is 8. The second kappa shape index (κ2) is 18.3. The highest BCUT2D eigenvalue weighted by Gasteiger charge is 2.33. The molecule has 8 atom stereocenters. The molecule has 43 heavy (non-hydrogen) atoms. The maximum Gasteiger partial charge on any atom is 0.347 e. The molecule has 0 aromatic rings. The number of rotatable bonds is 16. The van der Waals surface area contributed by atoms with Gasteiger partial charge in [0.1, 0.15) is 6.10 Å². The molecule has 244 valence electrons. The third-order valence-corrected chi connectivity index (χ3v) is 5.00. The van der Waals surface area contributed by atoms with E-state index in [0.717, 1.165) is 48.5 Å². The van der Waals surface area contributed by atoms with Crippen molar-refractivity contribution in [1.82, 2.24) is 0 Å². The third-order valence-electron chi connectivity index (χ3n) is 5.00. The SMILES string of the molecule is CCOC(=O)[C@H](C)OC(=O)[C@H](C)OC(=O)[C@H](C)OC(=O)[C@H](C)OC(=O)[C@H](C)OC(=O)[C@H](C)OC(=O)[C@H](C)OC(=O)[C@H](C)O. The Morgan fingerprint density at radius 2 is 0.581 bits per heavy atom. The summed E-state index contributed by atoms with van der Waals surface area (Å²) in [5.74, 6) is -8.80. The van der Waals surface area contributed by atoms with Crippen molar-refractivity contribution in [2.24, 2.45) is 0 Å². The van der Waals surface area contributed by atoms with Crippen LogP contribution in [0, 0.1) is 0 Å². The molecule has 0 radical (unpaired) electrons. The van der Waals surface area contributed by atoms with E-state index >= 15 is 0 Å². The summed E-state index contributed by atoms with van der Waals surface area (Å²) in [6.07, 6.45) is -11.9. The molecule has 0 unspecified atom stereocenters. The molecule has 0 heterocycles. The minimum absolute atomic E-state index is 0.0650. The van der Waals surface area contributed by atoms with Gasteiger partial charge in [0.15, 0.2) is 42.7 Å². The van der Waals surface area contributed by atoms with Crippen molar-refractivity contribution in [2.45, 2.75) is 111 Å². The first-order chi connectivity index (χ1) is 19.8. The van der Waals surface area contributed by atoms with E-state index in [1.54, 1.807) is 6.92 Å². The molecule has 17 heteroatoms. The lowest BCUT2D eigenvalue weighted by Gasteiger charge is -2.21. The Hall–Kier alpha value is -4.28. The number of aliphatic hydroxyl groups is 1. The number of hydrogen-bond donors (Lipinski definition) is 1. The van der Waals surface area contributed by atoms with Gasteiger partial charge in [0, 0.05) is 0 Å². The highest BCUT2D eigenvalue weighted by atomic mass is 16.7. The van der Waals surface area contributed by atoms with Gasteiger partial charge in [-0.05, 0) is 62.3 Å². The molecule has 0 aliphatic rings. The van der Waals surface area contributed by atoms with Gasteiger partial charge in [0.25, 0.3) is 0 Å². The van der Waals surface area contributed by atoms with Gasteiger partial charge < -0.3 is 43.0 Å². The first-order valence-corrected chi connectivity index (χ1v) is 13.1. The van der Waals surface area contributed by atoms with E-state index in [9.17, 15) is 38.4 Å². The fourth-order valence-corrected chi connectivity index (χ4v) is 2.49. The summed E-state index contributed by atoms with van der Waals surface area (Å²) in [7, 11) is 0. The van der Waals surface area contributed by atoms with Crippen LogP contribution < -0.4 is 0 Å². The topological polar surface area (TPSA) is 231 Å². The standard InChI is InChI=1S/C26H38O17/c1-10-36-20(29)12(3)38-22(31)14(5)40-24(33)16(7)42-26(35)18(9)43-25(34)17(8)41-23(32)15(6)39-21(30)13(4)37-19(28)11(2)27/h11-18,27H,10H2,1-9H3/t11-,12-,13-,14-,15-,16-,17-,18-/m0/s1. The Morgan fingerprint density at radius 3 is 0.767 bits per heavy atom. The molecule has 0 amide bonds. The highest BCUT2D eigenvalue weighted by molar-refractivity contribution is 5.87. The highest BCUT2D eigenvalue weighted by Crippen LogP contribution is 2.09. The third kappa shape index (κ3) is 14.0. The predicted molar refractivity (Wildman–Crippen MR) is 137 cm³/mol. The number of hydrogen-bond acceptors (Lipinski definition) is 17. The van der Waals surface area contributed by atoms with E-state index in [4.69, 9.17) is 38.3 Å². The zero-order chi connectivity index (χ0) is 33.6. The lowest BCUT2D eigenvalue weighted by atomic mass is 10.3. The van der Waals surface area contributed by atoms with Gasteiger partial charge in [-0.3, -0.25) is 0 Å². The minimum atomic E-state index is -1.59. The molecule has 0 spiro atoms. The van der Waals surface area contributed by atoms with Crippen LogP contribution in [-0.2, 0) is 76.3 Å². The molecule has 0 bridgehead atoms. The Morgan fingerprint density at radius 1 is 0.395 bits per heavy atom.